The summed E-state index contributed by atoms with van der Waals surface area (Å²) in [6.45, 7) is 2.48. The maximum absolute atomic E-state index is 10.3. The molecule has 0 bridgehead atoms. The molecule has 0 aliphatic heterocycles. The van der Waals surface area contributed by atoms with Gasteiger partial charge in [-0.3, -0.25) is 4.79 Å². The molecule has 0 rings (SSSR count). The summed E-state index contributed by atoms with van der Waals surface area (Å²) in [6.07, 6.45) is 10.3. The Kier molecular flexibility index (Phi) is 14.3. The van der Waals surface area contributed by atoms with Crippen LogP contribution in [0, 0.1) is 60.2 Å². The van der Waals surface area contributed by atoms with Crippen molar-refractivity contribution in [3.05, 3.63) is 0 Å². The molecule has 0 N–H and O–H groups in total. The molecule has 0 saturated heterocycles. The molecule has 0 aliphatic carbocycles. The fourth-order valence-electron chi connectivity index (χ4n) is 0.578. The van der Waals surface area contributed by atoms with E-state index in [0.29, 0.717) is 6.42 Å². The van der Waals surface area contributed by atoms with E-state index in [0.717, 1.165) is 6.54 Å². The average Bonchev–Trinajstić information content (AvgIpc) is 2.32. The summed E-state index contributed by atoms with van der Waals surface area (Å²) in [5.41, 5.74) is 0. The van der Waals surface area contributed by atoms with Crippen molar-refractivity contribution >= 4 is 5.78 Å². The van der Waals surface area contributed by atoms with Crippen molar-refractivity contribution in [2.24, 2.45) is 0 Å². The Morgan fingerprint density at radius 2 is 1.33 bits per heavy atom. The number of Topliss-reactive ketones (excluding diaryl/α,β-unsaturated/α-hetero) is 1. The molecule has 0 saturated carbocycles. The lowest BCUT2D eigenvalue weighted by Gasteiger charge is -2.05. The highest BCUT2D eigenvalue weighted by atomic mass is 16.1. The van der Waals surface area contributed by atoms with E-state index in [2.05, 4.69) is 47.4 Å². The minimum absolute atomic E-state index is 0.263. The average molecular weight is 237 g/mol. The van der Waals surface area contributed by atoms with Gasteiger partial charge >= 0.3 is 0 Å². The summed E-state index contributed by atoms with van der Waals surface area (Å²) in [5, 5.41) is 0. The van der Waals surface area contributed by atoms with Gasteiger partial charge in [-0.25, -0.2) is 0 Å². The van der Waals surface area contributed by atoms with Crippen LogP contribution in [0.1, 0.15) is 13.3 Å². The fraction of sp³-hybridized carbons (Fsp3) is 0.312. The summed E-state index contributed by atoms with van der Waals surface area (Å²) in [4.78, 5) is 12.3. The standard InChI is InChI=1S/C10H2.C6H13NO/c1-3-5-7-9-10-8-6-4-2;1-6(8)4-5-7(2)3/h1-2H;4-5H2,1-3H3. The van der Waals surface area contributed by atoms with Crippen LogP contribution in [-0.4, -0.2) is 31.3 Å². The van der Waals surface area contributed by atoms with Crippen molar-refractivity contribution in [2.45, 2.75) is 13.3 Å². The lowest BCUT2D eigenvalue weighted by Crippen LogP contribution is -2.15. The normalized spacial score (nSPS) is 6.33. The predicted molar refractivity (Wildman–Crippen MR) is 74.8 cm³/mol. The van der Waals surface area contributed by atoms with Gasteiger partial charge < -0.3 is 4.90 Å². The monoisotopic (exact) mass is 237 g/mol. The molecule has 2 heteroatoms. The Balaban J connectivity index is 0. The second-order valence-electron chi connectivity index (χ2n) is 3.29. The zero-order chi connectivity index (χ0) is 14.2. The number of carbonyl (C=O) groups is 1. The summed E-state index contributed by atoms with van der Waals surface area (Å²) in [6, 6.07) is 0. The summed E-state index contributed by atoms with van der Waals surface area (Å²) in [5.74, 6) is 18.6. The molecule has 0 aromatic rings. The maximum atomic E-state index is 10.3. The number of hydrogen-bond donors (Lipinski definition) is 0. The predicted octanol–water partition coefficient (Wildman–Crippen LogP) is 0.790. The molecule has 0 aromatic carbocycles. The molecule has 2 nitrogen and oxygen atoms in total. The molecule has 18 heavy (non-hydrogen) atoms. The second-order valence-corrected chi connectivity index (χ2v) is 3.29. The molecule has 90 valence electrons. The lowest BCUT2D eigenvalue weighted by molar-refractivity contribution is -0.117. The third-order valence-corrected chi connectivity index (χ3v) is 1.37. The topological polar surface area (TPSA) is 20.3 Å². The van der Waals surface area contributed by atoms with Gasteiger partial charge in [0.05, 0.1) is 0 Å². The van der Waals surface area contributed by atoms with Crippen LogP contribution < -0.4 is 0 Å². The first-order valence-corrected chi connectivity index (χ1v) is 5.10. The van der Waals surface area contributed by atoms with Crippen molar-refractivity contribution in [2.75, 3.05) is 20.6 Å². The molecule has 0 unspecified atom stereocenters. The molecule has 0 atom stereocenters. The number of terminal acetylenes is 2. The zero-order valence-corrected chi connectivity index (χ0v) is 10.9. The van der Waals surface area contributed by atoms with Crippen LogP contribution in [0.5, 0.6) is 0 Å². The third-order valence-electron chi connectivity index (χ3n) is 1.37. The number of carbonyl (C=O) groups excluding carboxylic acids is 1. The zero-order valence-electron chi connectivity index (χ0n) is 10.9. The van der Waals surface area contributed by atoms with Crippen molar-refractivity contribution in [3.8, 4) is 60.2 Å². The van der Waals surface area contributed by atoms with Gasteiger partial charge in [-0.15, -0.1) is 12.8 Å². The first kappa shape index (κ1) is 17.8. The van der Waals surface area contributed by atoms with Crippen LogP contribution in [0.25, 0.3) is 0 Å². The van der Waals surface area contributed by atoms with E-state index in [1.807, 2.05) is 19.0 Å². The third kappa shape index (κ3) is 23.3. The fourth-order valence-corrected chi connectivity index (χ4v) is 0.578. The van der Waals surface area contributed by atoms with Gasteiger partial charge in [-0.2, -0.15) is 0 Å². The van der Waals surface area contributed by atoms with Crippen LogP contribution in [0.2, 0.25) is 0 Å². The summed E-state index contributed by atoms with van der Waals surface area (Å²) >= 11 is 0. The number of hydrogen-bond acceptors (Lipinski definition) is 2. The van der Waals surface area contributed by atoms with Crippen molar-refractivity contribution in [3.63, 3.8) is 0 Å². The van der Waals surface area contributed by atoms with Crippen LogP contribution >= 0.6 is 0 Å². The van der Waals surface area contributed by atoms with Gasteiger partial charge in [0, 0.05) is 13.0 Å². The van der Waals surface area contributed by atoms with Crippen molar-refractivity contribution < 1.29 is 4.79 Å². The number of rotatable bonds is 3. The van der Waals surface area contributed by atoms with Gasteiger partial charge in [0.2, 0.25) is 0 Å². The minimum Gasteiger partial charge on any atom is -0.309 e. The van der Waals surface area contributed by atoms with E-state index < -0.39 is 0 Å². The highest BCUT2D eigenvalue weighted by Gasteiger charge is 1.92. The second kappa shape index (κ2) is 14.4. The number of ketones is 1. The molecule has 0 spiro atoms. The first-order valence-electron chi connectivity index (χ1n) is 5.10. The largest absolute Gasteiger partial charge is 0.309 e. The highest BCUT2D eigenvalue weighted by Crippen LogP contribution is 1.82. The molecule has 0 aliphatic rings. The smallest absolute Gasteiger partial charge is 0.131 e. The lowest BCUT2D eigenvalue weighted by atomic mass is 10.3. The SMILES string of the molecule is C#CC#CC#CC#CC#C.CC(=O)CCN(C)C. The number of nitrogens with zero attached hydrogens (tertiary/aromatic N) is 1. The van der Waals surface area contributed by atoms with E-state index in [1.54, 1.807) is 6.92 Å². The Morgan fingerprint density at radius 3 is 1.56 bits per heavy atom. The van der Waals surface area contributed by atoms with Crippen LogP contribution in [0.15, 0.2) is 0 Å². The van der Waals surface area contributed by atoms with Gasteiger partial charge in [-0.1, -0.05) is 0 Å². The van der Waals surface area contributed by atoms with Gasteiger partial charge in [0.25, 0.3) is 0 Å². The minimum atomic E-state index is 0.263. The van der Waals surface area contributed by atoms with Gasteiger partial charge in [0.15, 0.2) is 0 Å². The van der Waals surface area contributed by atoms with E-state index in [1.165, 1.54) is 0 Å². The summed E-state index contributed by atoms with van der Waals surface area (Å²) in [7, 11) is 3.92. The van der Waals surface area contributed by atoms with Crippen LogP contribution in [0.4, 0.5) is 0 Å². The van der Waals surface area contributed by atoms with Gasteiger partial charge in [0.1, 0.15) is 5.78 Å². The van der Waals surface area contributed by atoms with Crippen LogP contribution in [-0.2, 0) is 4.79 Å². The molecular weight excluding hydrogens is 222 g/mol. The van der Waals surface area contributed by atoms with E-state index in [9.17, 15) is 4.79 Å². The Bertz CT molecular complexity index is 472. The Morgan fingerprint density at radius 1 is 0.944 bits per heavy atom. The quantitative estimate of drug-likeness (QED) is 0.676. The maximum Gasteiger partial charge on any atom is 0.131 e. The van der Waals surface area contributed by atoms with Crippen molar-refractivity contribution in [1.82, 2.24) is 4.90 Å². The molecule has 0 heterocycles. The molecule has 0 fully saturated rings. The molecular formula is C16H15NO. The van der Waals surface area contributed by atoms with Crippen molar-refractivity contribution in [1.29, 1.82) is 0 Å². The van der Waals surface area contributed by atoms with E-state index >= 15 is 0 Å². The van der Waals surface area contributed by atoms with E-state index in [-0.39, 0.29) is 5.78 Å². The molecule has 0 radical (unpaired) electrons. The van der Waals surface area contributed by atoms with Crippen LogP contribution in [0.3, 0.4) is 0 Å². The summed E-state index contributed by atoms with van der Waals surface area (Å²) < 4.78 is 0. The first-order chi connectivity index (χ1) is 8.54. The Labute approximate surface area is 110 Å². The Hall–Kier alpha value is -2.57. The van der Waals surface area contributed by atoms with Gasteiger partial charge in [-0.05, 0) is 68.4 Å². The van der Waals surface area contributed by atoms with E-state index in [4.69, 9.17) is 12.8 Å². The molecule has 0 amide bonds. The highest BCUT2D eigenvalue weighted by molar-refractivity contribution is 5.75. The molecule has 0 aromatic heterocycles.